The van der Waals surface area contributed by atoms with Crippen molar-refractivity contribution < 1.29 is 0 Å². The van der Waals surface area contributed by atoms with Crippen molar-refractivity contribution in [1.82, 2.24) is 0 Å². The predicted octanol–water partition coefficient (Wildman–Crippen LogP) is 5.03. The van der Waals surface area contributed by atoms with Crippen molar-refractivity contribution in [2.45, 2.75) is 45.2 Å². The quantitative estimate of drug-likeness (QED) is 0.760. The highest BCUT2D eigenvalue weighted by Crippen LogP contribution is 2.50. The molecule has 0 fully saturated rings. The first-order chi connectivity index (χ1) is 11.0. The fourth-order valence-electron chi connectivity index (χ4n) is 4.15. The van der Waals surface area contributed by atoms with E-state index in [4.69, 9.17) is 4.99 Å². The van der Waals surface area contributed by atoms with Gasteiger partial charge in [-0.3, -0.25) is 4.99 Å². The van der Waals surface area contributed by atoms with Crippen LogP contribution in [0.4, 0.5) is 5.69 Å². The third kappa shape index (κ3) is 2.20. The summed E-state index contributed by atoms with van der Waals surface area (Å²) in [5.74, 6) is 0. The Morgan fingerprint density at radius 1 is 0.957 bits per heavy atom. The minimum atomic E-state index is -0.210. The molecule has 0 bridgehead atoms. The maximum Gasteiger partial charge on any atom is 0.108 e. The molecule has 2 heteroatoms. The number of rotatable bonds is 2. The normalized spacial score (nSPS) is 22.5. The molecule has 1 unspecified atom stereocenters. The summed E-state index contributed by atoms with van der Waals surface area (Å²) in [5.41, 5.74) is 4.82. The van der Waals surface area contributed by atoms with Crippen LogP contribution in [-0.2, 0) is 5.54 Å². The second kappa shape index (κ2) is 5.52. The largest absolute Gasteiger partial charge is 0.351 e. The third-order valence-corrected chi connectivity index (χ3v) is 4.83. The number of hydrogen-bond acceptors (Lipinski definition) is 2. The van der Waals surface area contributed by atoms with Gasteiger partial charge in [-0.1, -0.05) is 55.5 Å². The predicted molar refractivity (Wildman–Crippen MR) is 99.5 cm³/mol. The Balaban J connectivity index is 2.37. The van der Waals surface area contributed by atoms with Gasteiger partial charge in [-0.05, 0) is 38.8 Å². The Kier molecular flexibility index (Phi) is 3.79. The molecule has 23 heavy (non-hydrogen) atoms. The van der Waals surface area contributed by atoms with Gasteiger partial charge in [-0.15, -0.1) is 0 Å². The van der Waals surface area contributed by atoms with Crippen molar-refractivity contribution in [2.24, 2.45) is 4.99 Å². The van der Waals surface area contributed by atoms with E-state index in [1.165, 1.54) is 22.5 Å². The van der Waals surface area contributed by atoms with Crippen LogP contribution < -0.4 is 4.90 Å². The first-order valence-electron chi connectivity index (χ1n) is 8.39. The Morgan fingerprint density at radius 3 is 2.13 bits per heavy atom. The SMILES string of the molecule is CCC1(c2ccccc2)/C(=N\C)c2ccccc2N1C(C)(C)C. The smallest absolute Gasteiger partial charge is 0.108 e. The highest BCUT2D eigenvalue weighted by molar-refractivity contribution is 6.17. The van der Waals surface area contributed by atoms with Crippen molar-refractivity contribution in [2.75, 3.05) is 11.9 Å². The number of anilines is 1. The lowest BCUT2D eigenvalue weighted by Gasteiger charge is -2.48. The van der Waals surface area contributed by atoms with Gasteiger partial charge in [0.15, 0.2) is 0 Å². The van der Waals surface area contributed by atoms with Gasteiger partial charge in [-0.2, -0.15) is 0 Å². The zero-order chi connectivity index (χ0) is 16.7. The zero-order valence-electron chi connectivity index (χ0n) is 14.8. The molecule has 1 heterocycles. The molecule has 1 aliphatic heterocycles. The van der Waals surface area contributed by atoms with E-state index in [9.17, 15) is 0 Å². The van der Waals surface area contributed by atoms with Gasteiger partial charge in [0, 0.05) is 23.8 Å². The minimum absolute atomic E-state index is 0.00556. The summed E-state index contributed by atoms with van der Waals surface area (Å²) in [7, 11) is 1.92. The first kappa shape index (κ1) is 15.8. The van der Waals surface area contributed by atoms with Gasteiger partial charge in [0.1, 0.15) is 5.54 Å². The second-order valence-corrected chi connectivity index (χ2v) is 7.18. The lowest BCUT2D eigenvalue weighted by molar-refractivity contribution is 0.394. The second-order valence-electron chi connectivity index (χ2n) is 7.18. The van der Waals surface area contributed by atoms with Crippen molar-refractivity contribution >= 4 is 11.4 Å². The monoisotopic (exact) mass is 306 g/mol. The molecule has 3 rings (SSSR count). The van der Waals surface area contributed by atoms with Crippen molar-refractivity contribution in [3.05, 3.63) is 65.7 Å². The summed E-state index contributed by atoms with van der Waals surface area (Å²) >= 11 is 0. The van der Waals surface area contributed by atoms with E-state index in [-0.39, 0.29) is 11.1 Å². The number of fused-ring (bicyclic) bond motifs is 1. The van der Waals surface area contributed by atoms with E-state index < -0.39 is 0 Å². The molecule has 2 aromatic carbocycles. The van der Waals surface area contributed by atoms with E-state index in [1.807, 2.05) is 7.05 Å². The lowest BCUT2D eigenvalue weighted by Crippen LogP contribution is -2.56. The third-order valence-electron chi connectivity index (χ3n) is 4.83. The molecule has 0 aromatic heterocycles. The van der Waals surface area contributed by atoms with Crippen LogP contribution in [0.5, 0.6) is 0 Å². The molecule has 1 aliphatic rings. The van der Waals surface area contributed by atoms with Crippen LogP contribution in [0.3, 0.4) is 0 Å². The van der Waals surface area contributed by atoms with Crippen molar-refractivity contribution in [3.8, 4) is 0 Å². The van der Waals surface area contributed by atoms with Crippen LogP contribution in [-0.4, -0.2) is 18.3 Å². The van der Waals surface area contributed by atoms with Gasteiger partial charge in [-0.25, -0.2) is 0 Å². The molecule has 0 saturated heterocycles. The molecule has 1 atom stereocenters. The van der Waals surface area contributed by atoms with Gasteiger partial charge < -0.3 is 4.90 Å². The fourth-order valence-corrected chi connectivity index (χ4v) is 4.15. The standard InChI is InChI=1S/C21H26N2/c1-6-21(16-12-8-7-9-13-16)19(22-5)17-14-10-11-15-18(17)23(21)20(2,3)4/h7-15H,6H2,1-5H3/b22-19-. The highest BCUT2D eigenvalue weighted by atomic mass is 15.3. The lowest BCUT2D eigenvalue weighted by atomic mass is 9.80. The van der Waals surface area contributed by atoms with E-state index in [0.29, 0.717) is 0 Å². The van der Waals surface area contributed by atoms with E-state index >= 15 is 0 Å². The Labute approximate surface area is 139 Å². The van der Waals surface area contributed by atoms with E-state index in [1.54, 1.807) is 0 Å². The summed E-state index contributed by atoms with van der Waals surface area (Å²) in [4.78, 5) is 7.33. The summed E-state index contributed by atoms with van der Waals surface area (Å²) in [6.45, 7) is 9.13. The number of para-hydroxylation sites is 1. The van der Waals surface area contributed by atoms with Crippen LogP contribution in [0.15, 0.2) is 59.6 Å². The molecule has 0 amide bonds. The van der Waals surface area contributed by atoms with Gasteiger partial charge in [0.2, 0.25) is 0 Å². The molecular weight excluding hydrogens is 280 g/mol. The maximum absolute atomic E-state index is 4.77. The molecule has 0 spiro atoms. The average molecular weight is 306 g/mol. The van der Waals surface area contributed by atoms with Crippen LogP contribution >= 0.6 is 0 Å². The minimum Gasteiger partial charge on any atom is -0.351 e. The Morgan fingerprint density at radius 2 is 1.57 bits per heavy atom. The fraction of sp³-hybridized carbons (Fsp3) is 0.381. The Bertz CT molecular complexity index is 725. The molecule has 0 aliphatic carbocycles. The summed E-state index contributed by atoms with van der Waals surface area (Å²) in [5, 5.41) is 0. The first-order valence-corrected chi connectivity index (χ1v) is 8.39. The summed E-state index contributed by atoms with van der Waals surface area (Å²) < 4.78 is 0. The van der Waals surface area contributed by atoms with Gasteiger partial charge >= 0.3 is 0 Å². The van der Waals surface area contributed by atoms with Crippen LogP contribution in [0.2, 0.25) is 0 Å². The summed E-state index contributed by atoms with van der Waals surface area (Å²) in [6, 6.07) is 19.5. The Hall–Kier alpha value is -2.09. The average Bonchev–Trinajstić information content (AvgIpc) is 2.86. The molecule has 2 aromatic rings. The zero-order valence-corrected chi connectivity index (χ0v) is 14.8. The van der Waals surface area contributed by atoms with E-state index in [0.717, 1.165) is 6.42 Å². The number of nitrogens with zero attached hydrogens (tertiary/aromatic N) is 2. The topological polar surface area (TPSA) is 15.6 Å². The van der Waals surface area contributed by atoms with Crippen LogP contribution in [0.1, 0.15) is 45.2 Å². The van der Waals surface area contributed by atoms with Gasteiger partial charge in [0.05, 0.1) is 5.71 Å². The molecular formula is C21H26N2. The van der Waals surface area contributed by atoms with Crippen molar-refractivity contribution in [1.29, 1.82) is 0 Å². The number of aliphatic imine (C=N–C) groups is 1. The number of benzene rings is 2. The molecule has 0 N–H and O–H groups in total. The van der Waals surface area contributed by atoms with Crippen molar-refractivity contribution in [3.63, 3.8) is 0 Å². The molecule has 2 nitrogen and oxygen atoms in total. The number of hydrogen-bond donors (Lipinski definition) is 0. The maximum atomic E-state index is 4.77. The van der Waals surface area contributed by atoms with Crippen LogP contribution in [0, 0.1) is 0 Å². The summed E-state index contributed by atoms with van der Waals surface area (Å²) in [6.07, 6.45) is 0.982. The highest BCUT2D eigenvalue weighted by Gasteiger charge is 2.52. The van der Waals surface area contributed by atoms with Gasteiger partial charge in [0.25, 0.3) is 0 Å². The van der Waals surface area contributed by atoms with Crippen LogP contribution in [0.25, 0.3) is 0 Å². The molecule has 120 valence electrons. The molecule has 0 saturated carbocycles. The molecule has 0 radical (unpaired) electrons. The van der Waals surface area contributed by atoms with E-state index in [2.05, 4.69) is 87.2 Å².